The van der Waals surface area contributed by atoms with Gasteiger partial charge in [-0.05, 0) is 62.1 Å². The Morgan fingerprint density at radius 1 is 1.08 bits per heavy atom. The average molecular weight is 493 g/mol. The number of aromatic nitrogens is 1. The fraction of sp³-hybridized carbons (Fsp3) is 0.536. The van der Waals surface area contributed by atoms with Gasteiger partial charge in [-0.3, -0.25) is 19.5 Å². The fourth-order valence-electron chi connectivity index (χ4n) is 5.16. The van der Waals surface area contributed by atoms with Gasteiger partial charge < -0.3 is 19.7 Å². The molecule has 8 nitrogen and oxygen atoms in total. The highest BCUT2D eigenvalue weighted by molar-refractivity contribution is 6.02. The highest BCUT2D eigenvalue weighted by Gasteiger charge is 2.32. The van der Waals surface area contributed by atoms with Crippen LogP contribution in [-0.4, -0.2) is 67.2 Å². The maximum atomic E-state index is 13.3. The van der Waals surface area contributed by atoms with Crippen LogP contribution in [0.4, 0.5) is 11.4 Å². The summed E-state index contributed by atoms with van der Waals surface area (Å²) in [6, 6.07) is 11.6. The van der Waals surface area contributed by atoms with Crippen molar-refractivity contribution in [1.29, 1.82) is 0 Å². The summed E-state index contributed by atoms with van der Waals surface area (Å²) in [7, 11) is 0. The third-order valence-corrected chi connectivity index (χ3v) is 7.57. The second-order valence-electron chi connectivity index (χ2n) is 10.1. The molecule has 8 heteroatoms. The van der Waals surface area contributed by atoms with Crippen molar-refractivity contribution in [3.05, 3.63) is 48.3 Å². The monoisotopic (exact) mass is 492 g/mol. The van der Waals surface area contributed by atoms with Crippen molar-refractivity contribution >= 4 is 23.2 Å². The molecule has 0 unspecified atom stereocenters. The van der Waals surface area contributed by atoms with Gasteiger partial charge in [0.2, 0.25) is 11.8 Å². The predicted molar refractivity (Wildman–Crippen MR) is 137 cm³/mol. The van der Waals surface area contributed by atoms with Gasteiger partial charge in [0, 0.05) is 70.5 Å². The number of likely N-dealkylation sites (tertiary alicyclic amines) is 1. The molecule has 2 aromatic rings. The molecular formula is C28H36N4O4. The molecule has 3 aliphatic rings. The first-order valence-electron chi connectivity index (χ1n) is 13.2. The summed E-state index contributed by atoms with van der Waals surface area (Å²) in [5.41, 5.74) is 2.43. The molecule has 5 rings (SSSR count). The Morgan fingerprint density at radius 3 is 2.44 bits per heavy atom. The van der Waals surface area contributed by atoms with Gasteiger partial charge in [0.05, 0.1) is 17.3 Å². The van der Waals surface area contributed by atoms with Gasteiger partial charge in [0.1, 0.15) is 11.9 Å². The Bertz CT molecular complexity index is 1040. The first-order valence-corrected chi connectivity index (χ1v) is 13.2. The molecule has 1 aromatic carbocycles. The van der Waals surface area contributed by atoms with Crippen LogP contribution >= 0.6 is 0 Å². The SMILES string of the molecule is Cc1ncccc1N(C(=O)C1CNC1)c1ccc(OC2CCN(C(=O)CC3CCOCC3)CC2)cc1. The standard InChI is InChI=1S/C28H36N4O4/c1-20-26(3-2-12-30-20)32(28(34)22-18-29-19-22)23-4-6-24(7-5-23)36-25-8-13-31(14-9-25)27(33)17-21-10-15-35-16-11-21/h2-7,12,21-22,25,29H,8-11,13-19H2,1H3. The van der Waals surface area contributed by atoms with Gasteiger partial charge in [0.15, 0.2) is 0 Å². The summed E-state index contributed by atoms with van der Waals surface area (Å²) in [6.07, 6.45) is 6.10. The van der Waals surface area contributed by atoms with E-state index in [1.165, 1.54) is 0 Å². The van der Waals surface area contributed by atoms with Crippen LogP contribution in [-0.2, 0) is 14.3 Å². The van der Waals surface area contributed by atoms with E-state index in [0.717, 1.165) is 74.8 Å². The summed E-state index contributed by atoms with van der Waals surface area (Å²) >= 11 is 0. The maximum Gasteiger partial charge on any atom is 0.237 e. The van der Waals surface area contributed by atoms with Crippen LogP contribution in [0.15, 0.2) is 42.6 Å². The number of nitrogens with zero attached hydrogens (tertiary/aromatic N) is 3. The first kappa shape index (κ1) is 24.7. The number of benzene rings is 1. The van der Waals surface area contributed by atoms with Gasteiger partial charge in [-0.15, -0.1) is 0 Å². The van der Waals surface area contributed by atoms with Crippen LogP contribution in [0.1, 0.15) is 37.8 Å². The summed E-state index contributed by atoms with van der Waals surface area (Å²) in [5.74, 6) is 1.56. The van der Waals surface area contributed by atoms with Crippen LogP contribution in [0, 0.1) is 18.8 Å². The zero-order chi connectivity index (χ0) is 24.9. The lowest BCUT2D eigenvalue weighted by Gasteiger charge is -2.34. The number of aryl methyl sites for hydroxylation is 1. The normalized spacial score (nSPS) is 19.5. The second kappa shape index (κ2) is 11.4. The molecule has 0 bridgehead atoms. The second-order valence-corrected chi connectivity index (χ2v) is 10.1. The van der Waals surface area contributed by atoms with Crippen molar-refractivity contribution in [3.63, 3.8) is 0 Å². The van der Waals surface area contributed by atoms with Crippen molar-refractivity contribution in [1.82, 2.24) is 15.2 Å². The van der Waals surface area contributed by atoms with Crippen molar-refractivity contribution in [2.24, 2.45) is 11.8 Å². The van der Waals surface area contributed by atoms with E-state index in [1.807, 2.05) is 48.2 Å². The molecular weight excluding hydrogens is 456 g/mol. The zero-order valence-electron chi connectivity index (χ0n) is 21.0. The van der Waals surface area contributed by atoms with E-state index < -0.39 is 0 Å². The number of ether oxygens (including phenoxy) is 2. The van der Waals surface area contributed by atoms with Gasteiger partial charge in [-0.1, -0.05) is 0 Å². The van der Waals surface area contributed by atoms with E-state index in [0.29, 0.717) is 25.4 Å². The molecule has 1 aromatic heterocycles. The number of carbonyl (C=O) groups is 2. The molecule has 3 saturated heterocycles. The van der Waals surface area contributed by atoms with Crippen molar-refractivity contribution < 1.29 is 19.1 Å². The Balaban J connectivity index is 1.18. The number of pyridine rings is 1. The number of piperidine rings is 1. The number of carbonyl (C=O) groups excluding carboxylic acids is 2. The van der Waals surface area contributed by atoms with Crippen molar-refractivity contribution in [2.75, 3.05) is 44.3 Å². The molecule has 192 valence electrons. The van der Waals surface area contributed by atoms with E-state index in [2.05, 4.69) is 10.3 Å². The minimum absolute atomic E-state index is 0.0279. The molecule has 0 atom stereocenters. The number of rotatable bonds is 7. The molecule has 4 heterocycles. The zero-order valence-corrected chi connectivity index (χ0v) is 21.0. The maximum absolute atomic E-state index is 13.3. The van der Waals surface area contributed by atoms with E-state index in [-0.39, 0.29) is 23.8 Å². The number of amides is 2. The summed E-state index contributed by atoms with van der Waals surface area (Å²) in [4.78, 5) is 34.1. The third kappa shape index (κ3) is 5.71. The third-order valence-electron chi connectivity index (χ3n) is 7.57. The highest BCUT2D eigenvalue weighted by Crippen LogP contribution is 2.32. The van der Waals surface area contributed by atoms with Crippen LogP contribution < -0.4 is 15.0 Å². The quantitative estimate of drug-likeness (QED) is 0.637. The van der Waals surface area contributed by atoms with Crippen LogP contribution in [0.3, 0.4) is 0 Å². The number of anilines is 2. The van der Waals surface area contributed by atoms with Crippen molar-refractivity contribution in [2.45, 2.75) is 45.1 Å². The lowest BCUT2D eigenvalue weighted by atomic mass is 9.95. The molecule has 0 aliphatic carbocycles. The minimum Gasteiger partial charge on any atom is -0.490 e. The van der Waals surface area contributed by atoms with Crippen molar-refractivity contribution in [3.8, 4) is 5.75 Å². The van der Waals surface area contributed by atoms with Gasteiger partial charge >= 0.3 is 0 Å². The van der Waals surface area contributed by atoms with Gasteiger partial charge in [0.25, 0.3) is 0 Å². The lowest BCUT2D eigenvalue weighted by Crippen LogP contribution is -2.51. The molecule has 36 heavy (non-hydrogen) atoms. The Kier molecular flexibility index (Phi) is 7.82. The Morgan fingerprint density at radius 2 is 1.81 bits per heavy atom. The minimum atomic E-state index is -0.0279. The molecule has 1 N–H and O–H groups in total. The summed E-state index contributed by atoms with van der Waals surface area (Å²) in [6.45, 7) is 6.35. The first-order chi connectivity index (χ1) is 17.6. The van der Waals surface area contributed by atoms with Gasteiger partial charge in [-0.25, -0.2) is 0 Å². The largest absolute Gasteiger partial charge is 0.490 e. The van der Waals surface area contributed by atoms with E-state index in [4.69, 9.17) is 9.47 Å². The topological polar surface area (TPSA) is 84.0 Å². The predicted octanol–water partition coefficient (Wildman–Crippen LogP) is 3.46. The highest BCUT2D eigenvalue weighted by atomic mass is 16.5. The van der Waals surface area contributed by atoms with E-state index in [1.54, 1.807) is 11.1 Å². The Hall–Kier alpha value is -2.97. The molecule has 0 saturated carbocycles. The summed E-state index contributed by atoms with van der Waals surface area (Å²) < 4.78 is 11.7. The van der Waals surface area contributed by atoms with E-state index >= 15 is 0 Å². The molecule has 0 spiro atoms. The molecule has 3 fully saturated rings. The summed E-state index contributed by atoms with van der Waals surface area (Å²) in [5, 5.41) is 3.19. The van der Waals surface area contributed by atoms with Crippen LogP contribution in [0.2, 0.25) is 0 Å². The molecule has 3 aliphatic heterocycles. The van der Waals surface area contributed by atoms with Crippen LogP contribution in [0.25, 0.3) is 0 Å². The lowest BCUT2D eigenvalue weighted by molar-refractivity contribution is -0.134. The molecule has 0 radical (unpaired) electrons. The van der Waals surface area contributed by atoms with E-state index in [9.17, 15) is 9.59 Å². The average Bonchev–Trinajstić information content (AvgIpc) is 2.86. The Labute approximate surface area is 213 Å². The number of hydrogen-bond acceptors (Lipinski definition) is 6. The smallest absolute Gasteiger partial charge is 0.237 e. The fourth-order valence-corrected chi connectivity index (χ4v) is 5.16. The van der Waals surface area contributed by atoms with Crippen LogP contribution in [0.5, 0.6) is 5.75 Å². The molecule has 2 amide bonds. The van der Waals surface area contributed by atoms with Gasteiger partial charge in [-0.2, -0.15) is 0 Å². The number of hydrogen-bond donors (Lipinski definition) is 1. The number of nitrogens with one attached hydrogen (secondary N) is 1.